The molecule has 0 heterocycles. The van der Waals surface area contributed by atoms with Crippen molar-refractivity contribution in [2.24, 2.45) is 0 Å². The highest BCUT2D eigenvalue weighted by Gasteiger charge is 2.23. The molecule has 0 saturated carbocycles. The maximum atomic E-state index is 13.5. The van der Waals surface area contributed by atoms with Gasteiger partial charge in [0.25, 0.3) is 0 Å². The van der Waals surface area contributed by atoms with Crippen LogP contribution >= 0.6 is 0 Å². The number of halogens is 1. The molecule has 0 bridgehead atoms. The van der Waals surface area contributed by atoms with Crippen molar-refractivity contribution in [3.8, 4) is 0 Å². The van der Waals surface area contributed by atoms with Gasteiger partial charge in [0.1, 0.15) is 11.4 Å². The first-order valence-corrected chi connectivity index (χ1v) is 4.80. The third-order valence-electron chi connectivity index (χ3n) is 2.23. The lowest BCUT2D eigenvalue weighted by molar-refractivity contribution is -0.114. The number of rotatable bonds is 3. The fraction of sp³-hybridized carbons (Fsp3) is 0.250. The Kier molecular flexibility index (Phi) is 3.44. The van der Waals surface area contributed by atoms with Crippen molar-refractivity contribution >= 4 is 11.6 Å². The number of amides is 1. The van der Waals surface area contributed by atoms with Crippen molar-refractivity contribution in [1.82, 2.24) is 0 Å². The summed E-state index contributed by atoms with van der Waals surface area (Å²) in [5.41, 5.74) is -0.946. The van der Waals surface area contributed by atoms with E-state index in [9.17, 15) is 14.3 Å². The van der Waals surface area contributed by atoms with E-state index in [1.54, 1.807) is 0 Å². The van der Waals surface area contributed by atoms with Crippen molar-refractivity contribution < 1.29 is 14.3 Å². The number of carbonyl (C=O) groups is 1. The Bertz CT molecular complexity index is 427. The quantitative estimate of drug-likeness (QED) is 0.771. The lowest BCUT2D eigenvalue weighted by Gasteiger charge is -2.20. The zero-order chi connectivity index (χ0) is 12.3. The van der Waals surface area contributed by atoms with Crippen molar-refractivity contribution in [2.45, 2.75) is 19.4 Å². The van der Waals surface area contributed by atoms with Crippen LogP contribution in [0.1, 0.15) is 19.4 Å². The molecule has 16 heavy (non-hydrogen) atoms. The summed E-state index contributed by atoms with van der Waals surface area (Å²) in [6.07, 6.45) is 1.24. The predicted octanol–water partition coefficient (Wildman–Crippen LogP) is 2.18. The van der Waals surface area contributed by atoms with Gasteiger partial charge >= 0.3 is 0 Å². The average Bonchev–Trinajstić information content (AvgIpc) is 2.20. The molecule has 2 N–H and O–H groups in total. The van der Waals surface area contributed by atoms with Gasteiger partial charge in [-0.2, -0.15) is 0 Å². The minimum absolute atomic E-state index is 0.0775. The number of nitrogens with one attached hydrogen (secondary N) is 1. The van der Waals surface area contributed by atoms with Crippen LogP contribution in [-0.2, 0) is 10.4 Å². The second-order valence-electron chi connectivity index (χ2n) is 3.73. The van der Waals surface area contributed by atoms with Crippen LogP contribution < -0.4 is 5.32 Å². The van der Waals surface area contributed by atoms with Crippen LogP contribution in [0, 0.1) is 5.82 Å². The van der Waals surface area contributed by atoms with Crippen LogP contribution in [0.25, 0.3) is 0 Å². The van der Waals surface area contributed by atoms with Crippen LogP contribution in [-0.4, -0.2) is 11.0 Å². The monoisotopic (exact) mass is 223 g/mol. The standard InChI is InChI=1S/C12H14FNO2/c1-4-12(3,16)10-7-9(14-8(2)15)5-6-11(10)13/h4-7,16H,1H2,2-3H3,(H,14,15). The van der Waals surface area contributed by atoms with E-state index in [0.717, 1.165) is 0 Å². The summed E-state index contributed by atoms with van der Waals surface area (Å²) in [5.74, 6) is -0.796. The fourth-order valence-corrected chi connectivity index (χ4v) is 1.30. The number of hydrogen-bond donors (Lipinski definition) is 2. The molecule has 1 aromatic carbocycles. The molecule has 1 rings (SSSR count). The molecule has 4 heteroatoms. The van der Waals surface area contributed by atoms with E-state index in [0.29, 0.717) is 5.69 Å². The minimum Gasteiger partial charge on any atom is -0.381 e. The van der Waals surface area contributed by atoms with E-state index >= 15 is 0 Å². The van der Waals surface area contributed by atoms with Gasteiger partial charge in [-0.25, -0.2) is 4.39 Å². The Morgan fingerprint density at radius 3 is 2.75 bits per heavy atom. The Balaban J connectivity index is 3.18. The predicted molar refractivity (Wildman–Crippen MR) is 60.5 cm³/mol. The van der Waals surface area contributed by atoms with Gasteiger partial charge in [-0.1, -0.05) is 12.7 Å². The first-order valence-electron chi connectivity index (χ1n) is 4.80. The summed E-state index contributed by atoms with van der Waals surface area (Å²) in [6.45, 7) is 6.22. The summed E-state index contributed by atoms with van der Waals surface area (Å²) in [5, 5.41) is 12.4. The number of carbonyl (C=O) groups excluding carboxylic acids is 1. The summed E-state index contributed by atoms with van der Waals surface area (Å²) >= 11 is 0. The van der Waals surface area contributed by atoms with E-state index in [1.807, 2.05) is 0 Å². The molecule has 0 aromatic heterocycles. The van der Waals surface area contributed by atoms with Crippen LogP contribution in [0.5, 0.6) is 0 Å². The fourth-order valence-electron chi connectivity index (χ4n) is 1.30. The van der Waals surface area contributed by atoms with E-state index < -0.39 is 11.4 Å². The molecule has 0 aliphatic carbocycles. The molecule has 3 nitrogen and oxygen atoms in total. The molecule has 0 saturated heterocycles. The zero-order valence-electron chi connectivity index (χ0n) is 9.25. The summed E-state index contributed by atoms with van der Waals surface area (Å²) in [4.78, 5) is 10.8. The van der Waals surface area contributed by atoms with Crippen LogP contribution in [0.15, 0.2) is 30.9 Å². The molecule has 1 aromatic rings. The molecule has 1 unspecified atom stereocenters. The number of aliphatic hydroxyl groups is 1. The van der Waals surface area contributed by atoms with Gasteiger partial charge in [0.05, 0.1) is 0 Å². The molecular weight excluding hydrogens is 209 g/mol. The second-order valence-corrected chi connectivity index (χ2v) is 3.73. The van der Waals surface area contributed by atoms with Crippen LogP contribution in [0.2, 0.25) is 0 Å². The molecule has 0 radical (unpaired) electrons. The lowest BCUT2D eigenvalue weighted by Crippen LogP contribution is -2.19. The largest absolute Gasteiger partial charge is 0.381 e. The minimum atomic E-state index is -1.46. The molecule has 86 valence electrons. The molecule has 0 spiro atoms. The van der Waals surface area contributed by atoms with Gasteiger partial charge in [0.15, 0.2) is 0 Å². The molecule has 0 aliphatic heterocycles. The Labute approximate surface area is 93.6 Å². The highest BCUT2D eigenvalue weighted by molar-refractivity contribution is 5.88. The van der Waals surface area contributed by atoms with Crippen molar-refractivity contribution in [2.75, 3.05) is 5.32 Å². The first kappa shape index (κ1) is 12.4. The first-order chi connectivity index (χ1) is 7.36. The van der Waals surface area contributed by atoms with Gasteiger partial charge in [-0.05, 0) is 25.1 Å². The number of hydrogen-bond acceptors (Lipinski definition) is 2. The third kappa shape index (κ3) is 2.67. The Hall–Kier alpha value is -1.68. The highest BCUT2D eigenvalue weighted by atomic mass is 19.1. The third-order valence-corrected chi connectivity index (χ3v) is 2.23. The van der Waals surface area contributed by atoms with Gasteiger partial charge < -0.3 is 10.4 Å². The molecule has 0 aliphatic rings. The Morgan fingerprint density at radius 2 is 2.25 bits per heavy atom. The van der Waals surface area contributed by atoms with E-state index in [2.05, 4.69) is 11.9 Å². The van der Waals surface area contributed by atoms with Gasteiger partial charge in [-0.15, -0.1) is 0 Å². The normalized spacial score (nSPS) is 14.0. The molecule has 1 atom stereocenters. The van der Waals surface area contributed by atoms with Crippen molar-refractivity contribution in [3.05, 3.63) is 42.2 Å². The maximum absolute atomic E-state index is 13.5. The lowest BCUT2D eigenvalue weighted by atomic mass is 9.95. The molecular formula is C12H14FNO2. The highest BCUT2D eigenvalue weighted by Crippen LogP contribution is 2.27. The smallest absolute Gasteiger partial charge is 0.221 e. The zero-order valence-corrected chi connectivity index (χ0v) is 9.25. The molecule has 0 fully saturated rings. The van der Waals surface area contributed by atoms with Crippen LogP contribution in [0.4, 0.5) is 10.1 Å². The Morgan fingerprint density at radius 1 is 1.62 bits per heavy atom. The van der Waals surface area contributed by atoms with E-state index in [1.165, 1.54) is 38.1 Å². The molecule has 1 amide bonds. The number of anilines is 1. The number of benzene rings is 1. The van der Waals surface area contributed by atoms with Crippen LogP contribution in [0.3, 0.4) is 0 Å². The van der Waals surface area contributed by atoms with Gasteiger partial charge in [0, 0.05) is 18.2 Å². The summed E-state index contributed by atoms with van der Waals surface area (Å²) in [6, 6.07) is 4.01. The SMILES string of the molecule is C=CC(C)(O)c1cc(NC(C)=O)ccc1F. The van der Waals surface area contributed by atoms with E-state index in [4.69, 9.17) is 0 Å². The summed E-state index contributed by atoms with van der Waals surface area (Å²) in [7, 11) is 0. The van der Waals surface area contributed by atoms with Gasteiger partial charge in [-0.3, -0.25) is 4.79 Å². The topological polar surface area (TPSA) is 49.3 Å². The van der Waals surface area contributed by atoms with Gasteiger partial charge in [0.2, 0.25) is 5.91 Å². The average molecular weight is 223 g/mol. The second kappa shape index (κ2) is 4.45. The van der Waals surface area contributed by atoms with E-state index in [-0.39, 0.29) is 11.5 Å². The van der Waals surface area contributed by atoms with Crippen molar-refractivity contribution in [3.63, 3.8) is 0 Å². The summed E-state index contributed by atoms with van der Waals surface area (Å²) < 4.78 is 13.5. The van der Waals surface area contributed by atoms with Crippen molar-refractivity contribution in [1.29, 1.82) is 0 Å². The maximum Gasteiger partial charge on any atom is 0.221 e.